The van der Waals surface area contributed by atoms with Gasteiger partial charge in [-0.2, -0.15) is 0 Å². The normalized spacial score (nSPS) is 11.6. The van der Waals surface area contributed by atoms with Crippen molar-refractivity contribution < 1.29 is 28.4 Å². The fourth-order valence-electron chi connectivity index (χ4n) is 3.29. The molecule has 1 aliphatic heterocycles. The van der Waals surface area contributed by atoms with Crippen molar-refractivity contribution in [3.63, 3.8) is 0 Å². The van der Waals surface area contributed by atoms with Gasteiger partial charge in [0.05, 0.1) is 39.8 Å². The van der Waals surface area contributed by atoms with Gasteiger partial charge in [0.2, 0.25) is 12.5 Å². The van der Waals surface area contributed by atoms with Crippen molar-refractivity contribution in [3.8, 4) is 34.5 Å². The molecule has 2 N–H and O–H groups in total. The molecule has 1 heterocycles. The Bertz CT molecular complexity index is 1040. The van der Waals surface area contributed by atoms with E-state index in [9.17, 15) is 0 Å². The van der Waals surface area contributed by atoms with E-state index in [1.165, 1.54) is 0 Å². The van der Waals surface area contributed by atoms with Gasteiger partial charge in [0.1, 0.15) is 5.75 Å². The molecule has 0 aromatic heterocycles. The molecule has 3 aromatic carbocycles. The summed E-state index contributed by atoms with van der Waals surface area (Å²) in [5.41, 5.74) is 3.25. The second kappa shape index (κ2) is 8.83. The maximum atomic E-state index is 5.56. The third-order valence-corrected chi connectivity index (χ3v) is 4.83. The Morgan fingerprint density at radius 3 is 1.68 bits per heavy atom. The number of anilines is 4. The Morgan fingerprint density at radius 1 is 0.645 bits per heavy atom. The molecule has 0 saturated carbocycles. The Hall–Kier alpha value is -3.94. The van der Waals surface area contributed by atoms with Crippen molar-refractivity contribution in [1.29, 1.82) is 0 Å². The van der Waals surface area contributed by atoms with Crippen LogP contribution >= 0.6 is 0 Å². The maximum Gasteiger partial charge on any atom is 0.231 e. The number of rotatable bonds is 8. The minimum absolute atomic E-state index is 0.185. The van der Waals surface area contributed by atoms with E-state index in [-0.39, 0.29) is 6.79 Å². The van der Waals surface area contributed by atoms with Crippen LogP contribution in [0.15, 0.2) is 48.5 Å². The van der Waals surface area contributed by atoms with Crippen LogP contribution in [0.1, 0.15) is 0 Å². The highest BCUT2D eigenvalue weighted by atomic mass is 16.7. The zero-order valence-corrected chi connectivity index (χ0v) is 17.8. The molecule has 4 rings (SSSR count). The van der Waals surface area contributed by atoms with Crippen molar-refractivity contribution >= 4 is 22.7 Å². The summed E-state index contributed by atoms with van der Waals surface area (Å²) < 4.78 is 32.7. The summed E-state index contributed by atoms with van der Waals surface area (Å²) in [4.78, 5) is 0. The second-order valence-electron chi connectivity index (χ2n) is 6.64. The summed E-state index contributed by atoms with van der Waals surface area (Å²) in [5.74, 6) is 3.75. The van der Waals surface area contributed by atoms with Crippen LogP contribution in [0, 0.1) is 0 Å². The van der Waals surface area contributed by atoms with Gasteiger partial charge in [-0.15, -0.1) is 0 Å². The summed E-state index contributed by atoms with van der Waals surface area (Å²) >= 11 is 0. The van der Waals surface area contributed by atoms with Crippen molar-refractivity contribution in [1.82, 2.24) is 0 Å². The zero-order chi connectivity index (χ0) is 21.8. The first-order valence-corrected chi connectivity index (χ1v) is 9.57. The number of hydrogen-bond acceptors (Lipinski definition) is 8. The van der Waals surface area contributed by atoms with Crippen LogP contribution in [0.5, 0.6) is 34.5 Å². The van der Waals surface area contributed by atoms with E-state index >= 15 is 0 Å². The molecule has 162 valence electrons. The third kappa shape index (κ3) is 4.18. The SMILES string of the molecule is COc1ccc(Nc2cc3c(cc2Nc2cc(OC)c(OC)c(OC)c2)OCO3)cc1. The first kappa shape index (κ1) is 20.3. The lowest BCUT2D eigenvalue weighted by atomic mass is 10.2. The molecule has 1 aliphatic rings. The molecule has 8 nitrogen and oxygen atoms in total. The molecule has 0 bridgehead atoms. The number of nitrogens with one attached hydrogen (secondary N) is 2. The second-order valence-corrected chi connectivity index (χ2v) is 6.64. The van der Waals surface area contributed by atoms with E-state index in [4.69, 9.17) is 28.4 Å². The number of benzene rings is 3. The minimum Gasteiger partial charge on any atom is -0.497 e. The number of fused-ring (bicyclic) bond motifs is 1. The summed E-state index contributed by atoms with van der Waals surface area (Å²) in [7, 11) is 6.37. The fourth-order valence-corrected chi connectivity index (χ4v) is 3.29. The first-order valence-electron chi connectivity index (χ1n) is 9.57. The molecule has 31 heavy (non-hydrogen) atoms. The van der Waals surface area contributed by atoms with Gasteiger partial charge in [0.15, 0.2) is 23.0 Å². The Kier molecular flexibility index (Phi) is 5.79. The highest BCUT2D eigenvalue weighted by molar-refractivity contribution is 5.83. The maximum absolute atomic E-state index is 5.56. The predicted octanol–water partition coefficient (Wildman–Crippen LogP) is 4.94. The van der Waals surface area contributed by atoms with Gasteiger partial charge in [-0.3, -0.25) is 0 Å². The topological polar surface area (TPSA) is 79.4 Å². The molecule has 0 fully saturated rings. The van der Waals surface area contributed by atoms with Crippen LogP contribution in [0.25, 0.3) is 0 Å². The van der Waals surface area contributed by atoms with Crippen LogP contribution in [-0.4, -0.2) is 35.2 Å². The van der Waals surface area contributed by atoms with E-state index in [1.807, 2.05) is 48.5 Å². The highest BCUT2D eigenvalue weighted by Gasteiger charge is 2.19. The number of ether oxygens (including phenoxy) is 6. The van der Waals surface area contributed by atoms with E-state index in [0.717, 1.165) is 28.5 Å². The monoisotopic (exact) mass is 424 g/mol. The zero-order valence-electron chi connectivity index (χ0n) is 17.8. The first-order chi connectivity index (χ1) is 15.1. The van der Waals surface area contributed by atoms with Crippen molar-refractivity contribution in [2.24, 2.45) is 0 Å². The minimum atomic E-state index is 0.185. The number of methoxy groups -OCH3 is 4. The average molecular weight is 424 g/mol. The molecule has 0 saturated heterocycles. The molecular formula is C23H24N2O6. The Labute approximate surface area is 180 Å². The molecule has 0 amide bonds. The lowest BCUT2D eigenvalue weighted by molar-refractivity contribution is 0.174. The Morgan fingerprint density at radius 2 is 1.19 bits per heavy atom. The lowest BCUT2D eigenvalue weighted by Gasteiger charge is -2.18. The molecule has 0 spiro atoms. The Balaban J connectivity index is 1.70. The van der Waals surface area contributed by atoms with E-state index < -0.39 is 0 Å². The summed E-state index contributed by atoms with van der Waals surface area (Å²) in [6.45, 7) is 0.185. The van der Waals surface area contributed by atoms with Crippen LogP contribution in [-0.2, 0) is 0 Å². The van der Waals surface area contributed by atoms with E-state index in [0.29, 0.717) is 28.7 Å². The van der Waals surface area contributed by atoms with Gasteiger partial charge in [-0.05, 0) is 24.3 Å². The smallest absolute Gasteiger partial charge is 0.231 e. The van der Waals surface area contributed by atoms with Crippen LogP contribution in [0.3, 0.4) is 0 Å². The van der Waals surface area contributed by atoms with Gasteiger partial charge in [-0.25, -0.2) is 0 Å². The van der Waals surface area contributed by atoms with Crippen molar-refractivity contribution in [2.75, 3.05) is 45.9 Å². The molecule has 3 aromatic rings. The van der Waals surface area contributed by atoms with Crippen molar-refractivity contribution in [3.05, 3.63) is 48.5 Å². The highest BCUT2D eigenvalue weighted by Crippen LogP contribution is 2.44. The largest absolute Gasteiger partial charge is 0.497 e. The average Bonchev–Trinajstić information content (AvgIpc) is 3.26. The molecule has 0 aliphatic carbocycles. The summed E-state index contributed by atoms with van der Waals surface area (Å²) in [6.07, 6.45) is 0. The van der Waals surface area contributed by atoms with E-state index in [1.54, 1.807) is 28.4 Å². The lowest BCUT2D eigenvalue weighted by Crippen LogP contribution is -2.00. The number of hydrogen-bond donors (Lipinski definition) is 2. The van der Waals surface area contributed by atoms with E-state index in [2.05, 4.69) is 10.6 Å². The third-order valence-electron chi connectivity index (χ3n) is 4.83. The standard InChI is InChI=1S/C23H24N2O6/c1-26-16-7-5-14(6-8-16)24-17-11-19-20(31-13-30-19)12-18(17)25-15-9-21(27-2)23(29-4)22(10-15)28-3/h5-12,24-25H,13H2,1-4H3. The van der Waals surface area contributed by atoms with Gasteiger partial charge < -0.3 is 39.1 Å². The van der Waals surface area contributed by atoms with Crippen LogP contribution in [0.4, 0.5) is 22.7 Å². The van der Waals surface area contributed by atoms with Crippen LogP contribution < -0.4 is 39.1 Å². The molecule has 0 radical (unpaired) electrons. The van der Waals surface area contributed by atoms with Crippen molar-refractivity contribution in [2.45, 2.75) is 0 Å². The molecule has 8 heteroatoms. The quantitative estimate of drug-likeness (QED) is 0.527. The summed E-state index contributed by atoms with van der Waals surface area (Å²) in [5, 5.41) is 6.82. The summed E-state index contributed by atoms with van der Waals surface area (Å²) in [6, 6.07) is 15.1. The van der Waals surface area contributed by atoms with Gasteiger partial charge >= 0.3 is 0 Å². The van der Waals surface area contributed by atoms with Gasteiger partial charge in [-0.1, -0.05) is 0 Å². The van der Waals surface area contributed by atoms with Crippen LogP contribution in [0.2, 0.25) is 0 Å². The fraction of sp³-hybridized carbons (Fsp3) is 0.217. The van der Waals surface area contributed by atoms with Gasteiger partial charge in [0.25, 0.3) is 0 Å². The molecular weight excluding hydrogens is 400 g/mol. The molecule has 0 unspecified atom stereocenters. The molecule has 0 atom stereocenters. The van der Waals surface area contributed by atoms with Gasteiger partial charge in [0, 0.05) is 35.6 Å². The predicted molar refractivity (Wildman–Crippen MR) is 118 cm³/mol.